The van der Waals surface area contributed by atoms with Gasteiger partial charge in [-0.2, -0.15) is 8.42 Å². The van der Waals surface area contributed by atoms with Crippen LogP contribution in [-0.2, 0) is 16.7 Å². The minimum Gasteiger partial charge on any atom is -0.494 e. The first-order valence-electron chi connectivity index (χ1n) is 8.02. The summed E-state index contributed by atoms with van der Waals surface area (Å²) in [6.45, 7) is 6.25. The summed E-state index contributed by atoms with van der Waals surface area (Å²) in [6, 6.07) is 13.7. The van der Waals surface area contributed by atoms with Gasteiger partial charge in [-0.25, -0.2) is 4.98 Å². The van der Waals surface area contributed by atoms with Crippen molar-refractivity contribution in [2.45, 2.75) is 24.7 Å². The predicted octanol–water partition coefficient (Wildman–Crippen LogP) is 3.66. The van der Waals surface area contributed by atoms with Crippen LogP contribution in [0.15, 0.2) is 46.8 Å². The van der Waals surface area contributed by atoms with Crippen molar-refractivity contribution in [2.24, 2.45) is 0 Å². The normalized spacial score (nSPS) is 11.1. The Morgan fingerprint density at radius 3 is 2.46 bits per heavy atom. The van der Waals surface area contributed by atoms with E-state index in [0.29, 0.717) is 16.0 Å². The number of rotatable bonds is 5. The van der Waals surface area contributed by atoms with Crippen LogP contribution < -0.4 is 10.1 Å². The van der Waals surface area contributed by atoms with Gasteiger partial charge in [-0.15, -0.1) is 11.3 Å². The molecule has 2 aromatic carbocycles. The second-order valence-corrected chi connectivity index (χ2v) is 8.15. The molecule has 0 aliphatic rings. The molecule has 0 bridgehead atoms. The molecule has 8 heteroatoms. The Bertz CT molecular complexity index is 951. The summed E-state index contributed by atoms with van der Waals surface area (Å²) in [5.41, 5.74) is 3.13. The van der Waals surface area contributed by atoms with Gasteiger partial charge in [0.15, 0.2) is 0 Å². The van der Waals surface area contributed by atoms with E-state index in [-0.39, 0.29) is 4.34 Å². The van der Waals surface area contributed by atoms with Crippen molar-refractivity contribution < 1.29 is 17.7 Å². The highest BCUT2D eigenvalue weighted by atomic mass is 32.3. The lowest BCUT2D eigenvalue weighted by atomic mass is 10.1. The number of ether oxygens (including phenoxy) is 1. The third-order valence-electron chi connectivity index (χ3n) is 3.50. The molecule has 2 N–H and O–H groups in total. The van der Waals surface area contributed by atoms with Crippen molar-refractivity contribution in [1.82, 2.24) is 10.3 Å². The molecule has 0 saturated carbocycles. The van der Waals surface area contributed by atoms with Gasteiger partial charge in [0.25, 0.3) is 0 Å². The smallest absolute Gasteiger partial charge is 0.322 e. The maximum Gasteiger partial charge on any atom is 0.322 e. The van der Waals surface area contributed by atoms with Gasteiger partial charge in [-0.3, -0.25) is 4.55 Å². The number of benzene rings is 2. The zero-order chi connectivity index (χ0) is 19.2. The van der Waals surface area contributed by atoms with Gasteiger partial charge in [-0.05, 0) is 31.2 Å². The Balaban J connectivity index is 0.000000197. The summed E-state index contributed by atoms with van der Waals surface area (Å²) in [5, 5.41) is 3.28. The highest BCUT2D eigenvalue weighted by Gasteiger charge is 2.17. The molecule has 0 saturated heterocycles. The van der Waals surface area contributed by atoms with Crippen LogP contribution >= 0.6 is 11.3 Å². The van der Waals surface area contributed by atoms with Crippen LogP contribution in [-0.4, -0.2) is 31.6 Å². The highest BCUT2D eigenvalue weighted by Crippen LogP contribution is 2.31. The number of nitrogens with zero attached hydrogens (tertiary/aromatic N) is 1. The van der Waals surface area contributed by atoms with Crippen molar-refractivity contribution in [3.05, 3.63) is 53.6 Å². The minimum absolute atomic E-state index is 0.318. The van der Waals surface area contributed by atoms with Crippen LogP contribution in [0.4, 0.5) is 0 Å². The number of fused-ring (bicyclic) bond motifs is 1. The maximum absolute atomic E-state index is 10.9. The largest absolute Gasteiger partial charge is 0.494 e. The Kier molecular flexibility index (Phi) is 7.10. The highest BCUT2D eigenvalue weighted by molar-refractivity contribution is 7.88. The second-order valence-electron chi connectivity index (χ2n) is 5.53. The summed E-state index contributed by atoms with van der Waals surface area (Å²) in [4.78, 5) is 3.81. The van der Waals surface area contributed by atoms with Gasteiger partial charge in [0.1, 0.15) is 11.3 Å². The number of aryl methyl sites for hydroxylation is 1. The number of aromatic nitrogens is 1. The molecule has 1 aromatic heterocycles. The van der Waals surface area contributed by atoms with Crippen LogP contribution in [0.5, 0.6) is 5.75 Å². The zero-order valence-corrected chi connectivity index (χ0v) is 16.5. The van der Waals surface area contributed by atoms with Crippen molar-refractivity contribution in [1.29, 1.82) is 0 Å². The summed E-state index contributed by atoms with van der Waals surface area (Å²) in [6.07, 6.45) is 0. The van der Waals surface area contributed by atoms with Crippen LogP contribution in [0.2, 0.25) is 0 Å². The van der Waals surface area contributed by atoms with Gasteiger partial charge < -0.3 is 10.1 Å². The Hall–Kier alpha value is -2.00. The molecule has 0 aliphatic heterocycles. The molecule has 0 radical (unpaired) electrons. The van der Waals surface area contributed by atoms with Crippen molar-refractivity contribution in [2.75, 3.05) is 13.7 Å². The van der Waals surface area contributed by atoms with Gasteiger partial charge in [0.05, 0.1) is 11.8 Å². The summed E-state index contributed by atoms with van der Waals surface area (Å²) < 4.78 is 35.9. The Morgan fingerprint density at radius 1 is 1.19 bits per heavy atom. The first-order valence-corrected chi connectivity index (χ1v) is 10.3. The van der Waals surface area contributed by atoms with E-state index in [9.17, 15) is 8.42 Å². The fourth-order valence-electron chi connectivity index (χ4n) is 2.15. The van der Waals surface area contributed by atoms with Gasteiger partial charge >= 0.3 is 10.1 Å². The lowest BCUT2D eigenvalue weighted by Gasteiger charge is -2.01. The Morgan fingerprint density at radius 2 is 1.88 bits per heavy atom. The number of hydrogen-bond donors (Lipinski definition) is 2. The Labute approximate surface area is 157 Å². The fourth-order valence-corrected chi connectivity index (χ4v) is 3.77. The van der Waals surface area contributed by atoms with Crippen molar-refractivity contribution in [3.63, 3.8) is 0 Å². The molecule has 140 valence electrons. The van der Waals surface area contributed by atoms with Gasteiger partial charge in [0.2, 0.25) is 4.34 Å². The molecule has 0 atom stereocenters. The summed E-state index contributed by atoms with van der Waals surface area (Å²) in [7, 11) is -2.76. The third kappa shape index (κ3) is 5.50. The standard InChI is InChI=1S/C10H15N.C8H7NO4S2/c1-3-11-8-10-6-4-9(2)5-7-10;1-13-5-3-2-4-6-7(5)9-8(14-6)15(10,11)12/h4-7,11H,3,8H2,1-2H3;2-4H,1H3,(H,10,11,12). The molecule has 0 fully saturated rings. The molecule has 1 heterocycles. The van der Waals surface area contributed by atoms with E-state index in [4.69, 9.17) is 9.29 Å². The van der Waals surface area contributed by atoms with Gasteiger partial charge in [-0.1, -0.05) is 42.8 Å². The first-order chi connectivity index (χ1) is 12.3. The van der Waals surface area contributed by atoms with E-state index in [1.54, 1.807) is 18.2 Å². The lowest BCUT2D eigenvalue weighted by Crippen LogP contribution is -2.11. The van der Waals surface area contributed by atoms with E-state index in [1.165, 1.54) is 18.2 Å². The molecular formula is C18H22N2O4S2. The summed E-state index contributed by atoms with van der Waals surface area (Å²) in [5.74, 6) is 0.485. The lowest BCUT2D eigenvalue weighted by molar-refractivity contribution is 0.419. The third-order valence-corrected chi connectivity index (χ3v) is 5.73. The quantitative estimate of drug-likeness (QED) is 0.642. The molecule has 0 spiro atoms. The molecule has 3 rings (SSSR count). The topological polar surface area (TPSA) is 88.5 Å². The number of nitrogens with one attached hydrogen (secondary N) is 1. The van der Waals surface area contributed by atoms with E-state index < -0.39 is 10.1 Å². The average molecular weight is 395 g/mol. The van der Waals surface area contributed by atoms with E-state index in [0.717, 1.165) is 24.4 Å². The number of methoxy groups -OCH3 is 1. The number of hydrogen-bond acceptors (Lipinski definition) is 6. The minimum atomic E-state index is -4.24. The SMILES string of the molecule is CCNCc1ccc(C)cc1.COc1cccc2sc(S(=O)(=O)O)nc12. The predicted molar refractivity (Wildman–Crippen MR) is 105 cm³/mol. The molecular weight excluding hydrogens is 372 g/mol. The number of para-hydroxylation sites is 1. The average Bonchev–Trinajstić information content (AvgIpc) is 3.06. The maximum atomic E-state index is 10.9. The second kappa shape index (κ2) is 9.09. The fraction of sp³-hybridized carbons (Fsp3) is 0.278. The zero-order valence-electron chi connectivity index (χ0n) is 14.9. The van der Waals surface area contributed by atoms with Crippen molar-refractivity contribution >= 4 is 31.7 Å². The van der Waals surface area contributed by atoms with E-state index >= 15 is 0 Å². The molecule has 6 nitrogen and oxygen atoms in total. The number of thiazole rings is 1. The molecule has 0 aliphatic carbocycles. The van der Waals surface area contributed by atoms with Crippen LogP contribution in [0.25, 0.3) is 10.2 Å². The van der Waals surface area contributed by atoms with Crippen LogP contribution in [0, 0.1) is 6.92 Å². The molecule has 26 heavy (non-hydrogen) atoms. The summed E-state index contributed by atoms with van der Waals surface area (Å²) >= 11 is 0.905. The van der Waals surface area contributed by atoms with Gasteiger partial charge in [0, 0.05) is 6.54 Å². The first kappa shape index (κ1) is 20.3. The molecule has 0 amide bonds. The van der Waals surface area contributed by atoms with Crippen molar-refractivity contribution in [3.8, 4) is 5.75 Å². The van der Waals surface area contributed by atoms with E-state index in [2.05, 4.69) is 48.4 Å². The van der Waals surface area contributed by atoms with E-state index in [1.807, 2.05) is 0 Å². The van der Waals surface area contributed by atoms with Crippen LogP contribution in [0.1, 0.15) is 18.1 Å². The molecule has 0 unspecified atom stereocenters. The molecule has 3 aromatic rings. The monoisotopic (exact) mass is 394 g/mol. The van der Waals surface area contributed by atoms with Crippen LogP contribution in [0.3, 0.4) is 0 Å².